The first-order chi connectivity index (χ1) is 10.0. The number of fused-ring (bicyclic) bond motifs is 3. The molecule has 2 aromatic heterocycles. The Labute approximate surface area is 126 Å². The summed E-state index contributed by atoms with van der Waals surface area (Å²) < 4.78 is 6.29. The number of rotatable bonds is 2. The summed E-state index contributed by atoms with van der Waals surface area (Å²) in [5.74, 6) is 0.179. The van der Waals surface area contributed by atoms with Crippen molar-refractivity contribution < 1.29 is 9.53 Å². The van der Waals surface area contributed by atoms with Gasteiger partial charge >= 0.3 is 5.97 Å². The lowest BCUT2D eigenvalue weighted by molar-refractivity contribution is 0.0506. The Kier molecular flexibility index (Phi) is 3.57. The van der Waals surface area contributed by atoms with Crippen LogP contribution < -0.4 is 5.56 Å². The van der Waals surface area contributed by atoms with E-state index in [1.165, 1.54) is 9.44 Å². The van der Waals surface area contributed by atoms with Crippen LogP contribution in [0.1, 0.15) is 41.3 Å². The fraction of sp³-hybridized carbons (Fsp3) is 0.533. The normalized spacial score (nSPS) is 17.8. The van der Waals surface area contributed by atoms with E-state index >= 15 is 0 Å². The average Bonchev–Trinajstić information content (AvgIpc) is 2.80. The van der Waals surface area contributed by atoms with Crippen molar-refractivity contribution in [3.8, 4) is 0 Å². The minimum Gasteiger partial charge on any atom is -0.460 e. The number of hydrogen-bond donors (Lipinski definition) is 0. The van der Waals surface area contributed by atoms with Crippen molar-refractivity contribution in [2.24, 2.45) is 13.0 Å². The van der Waals surface area contributed by atoms with Gasteiger partial charge in [-0.05, 0) is 37.7 Å². The van der Waals surface area contributed by atoms with E-state index in [1.807, 2.05) is 0 Å². The Balaban J connectivity index is 2.22. The maximum atomic E-state index is 12.6. The number of esters is 1. The molecule has 1 aliphatic carbocycles. The molecule has 0 amide bonds. The Hall–Kier alpha value is -1.69. The number of carbonyl (C=O) groups is 1. The molecule has 0 fully saturated rings. The molecule has 1 atom stereocenters. The van der Waals surface area contributed by atoms with Gasteiger partial charge in [-0.3, -0.25) is 9.36 Å². The van der Waals surface area contributed by atoms with Crippen LogP contribution in [0.5, 0.6) is 0 Å². The fourth-order valence-corrected chi connectivity index (χ4v) is 4.22. The van der Waals surface area contributed by atoms with Crippen LogP contribution in [0.15, 0.2) is 4.79 Å². The molecule has 0 saturated carbocycles. The molecule has 2 aromatic rings. The third kappa shape index (κ3) is 2.27. The molecule has 0 spiro atoms. The van der Waals surface area contributed by atoms with Gasteiger partial charge in [0.2, 0.25) is 5.82 Å². The number of aromatic nitrogens is 2. The lowest BCUT2D eigenvalue weighted by atomic mass is 9.89. The van der Waals surface area contributed by atoms with Gasteiger partial charge in [-0.2, -0.15) is 0 Å². The van der Waals surface area contributed by atoms with Crippen LogP contribution in [0.3, 0.4) is 0 Å². The Morgan fingerprint density at radius 3 is 3.00 bits per heavy atom. The molecule has 2 heterocycles. The molecule has 6 heteroatoms. The van der Waals surface area contributed by atoms with E-state index in [4.69, 9.17) is 4.74 Å². The topological polar surface area (TPSA) is 61.2 Å². The zero-order valence-electron chi connectivity index (χ0n) is 12.4. The minimum atomic E-state index is -0.543. The first-order valence-corrected chi connectivity index (χ1v) is 8.03. The van der Waals surface area contributed by atoms with Gasteiger partial charge in [0.15, 0.2) is 0 Å². The Bertz CT molecular complexity index is 775. The maximum absolute atomic E-state index is 12.6. The van der Waals surface area contributed by atoms with Crippen LogP contribution in [0.4, 0.5) is 0 Å². The molecule has 0 N–H and O–H groups in total. The molecule has 1 aliphatic rings. The number of thiophene rings is 1. The highest BCUT2D eigenvalue weighted by Gasteiger charge is 2.25. The van der Waals surface area contributed by atoms with Gasteiger partial charge in [0.25, 0.3) is 5.56 Å². The predicted molar refractivity (Wildman–Crippen MR) is 82.0 cm³/mol. The highest BCUT2D eigenvalue weighted by molar-refractivity contribution is 7.18. The van der Waals surface area contributed by atoms with Gasteiger partial charge in [-0.15, -0.1) is 11.3 Å². The van der Waals surface area contributed by atoms with Gasteiger partial charge in [-0.1, -0.05) is 6.92 Å². The summed E-state index contributed by atoms with van der Waals surface area (Å²) in [6.45, 7) is 4.23. The molecule has 0 bridgehead atoms. The molecule has 0 aromatic carbocycles. The van der Waals surface area contributed by atoms with Crippen molar-refractivity contribution in [2.75, 3.05) is 6.61 Å². The smallest absolute Gasteiger partial charge is 0.374 e. The van der Waals surface area contributed by atoms with E-state index in [0.29, 0.717) is 16.1 Å². The van der Waals surface area contributed by atoms with Crippen molar-refractivity contribution in [3.05, 3.63) is 26.6 Å². The number of carbonyl (C=O) groups excluding carboxylic acids is 1. The quantitative estimate of drug-likeness (QED) is 0.799. The molecule has 21 heavy (non-hydrogen) atoms. The fourth-order valence-electron chi connectivity index (χ4n) is 2.85. The first-order valence-electron chi connectivity index (χ1n) is 7.21. The number of hydrogen-bond acceptors (Lipinski definition) is 5. The van der Waals surface area contributed by atoms with Crippen LogP contribution in [-0.2, 0) is 24.6 Å². The average molecular weight is 306 g/mol. The summed E-state index contributed by atoms with van der Waals surface area (Å²) in [6, 6.07) is 0. The molecular weight excluding hydrogens is 288 g/mol. The van der Waals surface area contributed by atoms with Crippen LogP contribution >= 0.6 is 11.3 Å². The Morgan fingerprint density at radius 1 is 1.52 bits per heavy atom. The summed E-state index contributed by atoms with van der Waals surface area (Å²) in [5.41, 5.74) is 0.992. The van der Waals surface area contributed by atoms with E-state index in [-0.39, 0.29) is 18.0 Å². The highest BCUT2D eigenvalue weighted by Crippen LogP contribution is 2.35. The maximum Gasteiger partial charge on any atom is 0.374 e. The molecule has 5 nitrogen and oxygen atoms in total. The SMILES string of the molecule is CCOC(=O)c1nc2sc3c(c2c(=O)n1C)CC[C@H](C)C3. The second-order valence-electron chi connectivity index (χ2n) is 5.55. The largest absolute Gasteiger partial charge is 0.460 e. The van der Waals surface area contributed by atoms with Gasteiger partial charge in [0, 0.05) is 11.9 Å². The number of nitrogens with zero attached hydrogens (tertiary/aromatic N) is 2. The molecule has 0 radical (unpaired) electrons. The van der Waals surface area contributed by atoms with E-state index in [1.54, 1.807) is 25.3 Å². The molecule has 3 rings (SSSR count). The highest BCUT2D eigenvalue weighted by atomic mass is 32.1. The summed E-state index contributed by atoms with van der Waals surface area (Å²) in [4.78, 5) is 30.8. The number of aryl methyl sites for hydroxylation is 1. The zero-order chi connectivity index (χ0) is 15.1. The lowest BCUT2D eigenvalue weighted by Gasteiger charge is -2.17. The monoisotopic (exact) mass is 306 g/mol. The van der Waals surface area contributed by atoms with E-state index < -0.39 is 5.97 Å². The first kappa shape index (κ1) is 14.3. The summed E-state index contributed by atoms with van der Waals surface area (Å²) in [7, 11) is 1.58. The van der Waals surface area contributed by atoms with Crippen molar-refractivity contribution in [1.29, 1.82) is 0 Å². The summed E-state index contributed by atoms with van der Waals surface area (Å²) in [6.07, 6.45) is 3.02. The van der Waals surface area contributed by atoms with Crippen LogP contribution in [0, 0.1) is 5.92 Å². The second kappa shape index (κ2) is 5.26. The second-order valence-corrected chi connectivity index (χ2v) is 6.64. The van der Waals surface area contributed by atoms with Crippen molar-refractivity contribution in [2.45, 2.75) is 33.1 Å². The van der Waals surface area contributed by atoms with Crippen LogP contribution in [0.25, 0.3) is 10.2 Å². The van der Waals surface area contributed by atoms with Crippen molar-refractivity contribution >= 4 is 27.5 Å². The van der Waals surface area contributed by atoms with E-state index in [0.717, 1.165) is 24.8 Å². The molecule has 0 aliphatic heterocycles. The Morgan fingerprint density at radius 2 is 2.29 bits per heavy atom. The van der Waals surface area contributed by atoms with Gasteiger partial charge in [-0.25, -0.2) is 9.78 Å². The third-order valence-corrected chi connectivity index (χ3v) is 5.14. The predicted octanol–water partition coefficient (Wildman–Crippen LogP) is 2.30. The molecular formula is C15H18N2O3S. The van der Waals surface area contributed by atoms with Crippen LogP contribution in [-0.4, -0.2) is 22.1 Å². The molecule has 0 saturated heterocycles. The standard InChI is InChI=1S/C15H18N2O3S/c1-4-20-15(19)12-16-13-11(14(18)17(12)3)9-6-5-8(2)7-10(9)21-13/h8H,4-7H2,1-3H3/t8-/m0/s1. The van der Waals surface area contributed by atoms with Crippen molar-refractivity contribution in [1.82, 2.24) is 9.55 Å². The summed E-state index contributed by atoms with van der Waals surface area (Å²) in [5, 5.41) is 0.692. The zero-order valence-corrected chi connectivity index (χ0v) is 13.2. The summed E-state index contributed by atoms with van der Waals surface area (Å²) >= 11 is 1.54. The van der Waals surface area contributed by atoms with Gasteiger partial charge in [0.1, 0.15) is 4.83 Å². The molecule has 112 valence electrons. The minimum absolute atomic E-state index is 0.0843. The van der Waals surface area contributed by atoms with E-state index in [2.05, 4.69) is 11.9 Å². The van der Waals surface area contributed by atoms with Crippen LogP contribution in [0.2, 0.25) is 0 Å². The number of ether oxygens (including phenoxy) is 1. The van der Waals surface area contributed by atoms with Gasteiger partial charge in [0.05, 0.1) is 12.0 Å². The van der Waals surface area contributed by atoms with Gasteiger partial charge < -0.3 is 4.74 Å². The van der Waals surface area contributed by atoms with Crippen molar-refractivity contribution in [3.63, 3.8) is 0 Å². The third-order valence-electron chi connectivity index (χ3n) is 3.99. The molecule has 0 unspecified atom stereocenters. The lowest BCUT2D eigenvalue weighted by Crippen LogP contribution is -2.26. The van der Waals surface area contributed by atoms with E-state index in [9.17, 15) is 9.59 Å².